The van der Waals surface area contributed by atoms with Crippen molar-refractivity contribution < 1.29 is 0 Å². The van der Waals surface area contributed by atoms with Gasteiger partial charge >= 0.3 is 0 Å². The molecule has 0 bridgehead atoms. The maximum Gasteiger partial charge on any atom is 0.0191 e. The van der Waals surface area contributed by atoms with Crippen LogP contribution in [-0.2, 0) is 0 Å². The molecule has 1 unspecified atom stereocenters. The number of halogens is 1. The van der Waals surface area contributed by atoms with E-state index in [1.807, 2.05) is 0 Å². The average Bonchev–Trinajstić information content (AvgIpc) is 1.62. The second kappa shape index (κ2) is 2.86. The molecular formula is C7H15Br. The topological polar surface area (TPSA) is 0 Å². The highest BCUT2D eigenvalue weighted by atomic mass is 79.9. The van der Waals surface area contributed by atoms with Gasteiger partial charge in [0.05, 0.1) is 0 Å². The molecule has 0 rings (SSSR count). The van der Waals surface area contributed by atoms with Gasteiger partial charge in [0.2, 0.25) is 0 Å². The summed E-state index contributed by atoms with van der Waals surface area (Å²) in [6, 6.07) is 0. The molecule has 0 fully saturated rings. The molecule has 1 heteroatoms. The van der Waals surface area contributed by atoms with E-state index < -0.39 is 0 Å². The molecule has 0 heterocycles. The molecule has 0 aromatic rings. The second-order valence-corrected chi connectivity index (χ2v) is 4.35. The monoisotopic (exact) mass is 178 g/mol. The Labute approximate surface area is 60.8 Å². The Morgan fingerprint density at radius 1 is 1.38 bits per heavy atom. The molecule has 0 spiro atoms. The predicted octanol–water partition coefficient (Wildman–Crippen LogP) is 3.21. The molecule has 0 N–H and O–H groups in total. The zero-order chi connectivity index (χ0) is 6.78. The molecule has 0 saturated heterocycles. The Morgan fingerprint density at radius 2 is 1.75 bits per heavy atom. The summed E-state index contributed by atoms with van der Waals surface area (Å²) >= 11 is 3.60. The van der Waals surface area contributed by atoms with E-state index in [9.17, 15) is 0 Å². The first-order valence-corrected chi connectivity index (χ1v) is 4.04. The highest BCUT2D eigenvalue weighted by molar-refractivity contribution is 9.09. The standard InChI is InChI=1S/C7H15Br/c1-5-6(8)7(2,3)4/h6H,5H2,1-4H3. The summed E-state index contributed by atoms with van der Waals surface area (Å²) in [4.78, 5) is 0.662. The zero-order valence-electron chi connectivity index (χ0n) is 6.16. The normalized spacial score (nSPS) is 16.1. The largest absolute Gasteiger partial charge is 0.0885 e. The number of hydrogen-bond acceptors (Lipinski definition) is 0. The van der Waals surface area contributed by atoms with E-state index in [1.54, 1.807) is 0 Å². The summed E-state index contributed by atoms with van der Waals surface area (Å²) in [5, 5.41) is 0. The third-order valence-corrected chi connectivity index (χ3v) is 3.32. The van der Waals surface area contributed by atoms with E-state index in [0.29, 0.717) is 10.2 Å². The van der Waals surface area contributed by atoms with Gasteiger partial charge in [-0.05, 0) is 11.8 Å². The Bertz CT molecular complexity index is 61.3. The van der Waals surface area contributed by atoms with E-state index in [-0.39, 0.29) is 0 Å². The minimum absolute atomic E-state index is 0.425. The smallest absolute Gasteiger partial charge is 0.0191 e. The fraction of sp³-hybridized carbons (Fsp3) is 1.00. The Morgan fingerprint density at radius 3 is 1.75 bits per heavy atom. The number of alkyl halides is 1. The van der Waals surface area contributed by atoms with Crippen LogP contribution < -0.4 is 0 Å². The molecule has 0 saturated carbocycles. The van der Waals surface area contributed by atoms with Crippen molar-refractivity contribution in [2.24, 2.45) is 5.41 Å². The van der Waals surface area contributed by atoms with Crippen LogP contribution >= 0.6 is 15.9 Å². The third-order valence-electron chi connectivity index (χ3n) is 1.30. The summed E-state index contributed by atoms with van der Waals surface area (Å²) in [5.41, 5.74) is 0.425. The summed E-state index contributed by atoms with van der Waals surface area (Å²) in [6.45, 7) is 8.94. The van der Waals surface area contributed by atoms with Gasteiger partial charge in [-0.2, -0.15) is 0 Å². The van der Waals surface area contributed by atoms with Gasteiger partial charge in [-0.25, -0.2) is 0 Å². The summed E-state index contributed by atoms with van der Waals surface area (Å²) in [5.74, 6) is 0. The third kappa shape index (κ3) is 2.71. The van der Waals surface area contributed by atoms with Crippen LogP contribution in [-0.4, -0.2) is 4.83 Å². The van der Waals surface area contributed by atoms with Crippen LogP contribution in [0.1, 0.15) is 34.1 Å². The number of hydrogen-bond donors (Lipinski definition) is 0. The molecule has 8 heavy (non-hydrogen) atoms. The Kier molecular flexibility index (Phi) is 3.03. The van der Waals surface area contributed by atoms with Gasteiger partial charge < -0.3 is 0 Å². The molecule has 50 valence electrons. The van der Waals surface area contributed by atoms with E-state index in [1.165, 1.54) is 6.42 Å². The molecule has 0 aliphatic carbocycles. The molecule has 0 aliphatic rings. The van der Waals surface area contributed by atoms with Gasteiger partial charge in [0.25, 0.3) is 0 Å². The quantitative estimate of drug-likeness (QED) is 0.542. The molecular weight excluding hydrogens is 164 g/mol. The highest BCUT2D eigenvalue weighted by Gasteiger charge is 2.18. The van der Waals surface area contributed by atoms with Crippen LogP contribution in [0.2, 0.25) is 0 Å². The first kappa shape index (κ1) is 8.48. The van der Waals surface area contributed by atoms with Gasteiger partial charge in [-0.15, -0.1) is 0 Å². The van der Waals surface area contributed by atoms with Crippen molar-refractivity contribution in [2.45, 2.75) is 38.9 Å². The van der Waals surface area contributed by atoms with Crippen LogP contribution in [0.5, 0.6) is 0 Å². The van der Waals surface area contributed by atoms with Crippen LogP contribution in [0.4, 0.5) is 0 Å². The first-order valence-electron chi connectivity index (χ1n) is 3.12. The molecule has 0 aromatic carbocycles. The van der Waals surface area contributed by atoms with E-state index in [2.05, 4.69) is 43.6 Å². The lowest BCUT2D eigenvalue weighted by Crippen LogP contribution is -2.18. The second-order valence-electron chi connectivity index (χ2n) is 3.24. The predicted molar refractivity (Wildman–Crippen MR) is 42.5 cm³/mol. The summed E-state index contributed by atoms with van der Waals surface area (Å²) < 4.78 is 0. The van der Waals surface area contributed by atoms with Crippen LogP contribution in [0, 0.1) is 5.41 Å². The van der Waals surface area contributed by atoms with Crippen molar-refractivity contribution >= 4 is 15.9 Å². The van der Waals surface area contributed by atoms with E-state index in [0.717, 1.165) is 0 Å². The fourth-order valence-corrected chi connectivity index (χ4v) is 0.612. The number of rotatable bonds is 1. The lowest BCUT2D eigenvalue weighted by molar-refractivity contribution is 0.393. The van der Waals surface area contributed by atoms with Crippen molar-refractivity contribution in [3.05, 3.63) is 0 Å². The van der Waals surface area contributed by atoms with Gasteiger partial charge in [0.15, 0.2) is 0 Å². The molecule has 0 nitrogen and oxygen atoms in total. The van der Waals surface area contributed by atoms with Gasteiger partial charge in [0.1, 0.15) is 0 Å². The van der Waals surface area contributed by atoms with Crippen molar-refractivity contribution in [3.8, 4) is 0 Å². The van der Waals surface area contributed by atoms with Crippen LogP contribution in [0.3, 0.4) is 0 Å². The lowest BCUT2D eigenvalue weighted by atomic mass is 9.91. The molecule has 0 amide bonds. The van der Waals surface area contributed by atoms with Crippen molar-refractivity contribution in [1.29, 1.82) is 0 Å². The van der Waals surface area contributed by atoms with Gasteiger partial charge in [0, 0.05) is 4.83 Å². The molecule has 1 atom stereocenters. The van der Waals surface area contributed by atoms with E-state index >= 15 is 0 Å². The Hall–Kier alpha value is 0.480. The SMILES string of the molecule is CCC(Br)C(C)(C)C. The minimum Gasteiger partial charge on any atom is -0.0885 e. The first-order chi connectivity index (χ1) is 3.48. The maximum atomic E-state index is 3.60. The highest BCUT2D eigenvalue weighted by Crippen LogP contribution is 2.27. The van der Waals surface area contributed by atoms with Crippen molar-refractivity contribution in [1.82, 2.24) is 0 Å². The van der Waals surface area contributed by atoms with Crippen LogP contribution in [0.25, 0.3) is 0 Å². The maximum absolute atomic E-state index is 3.60. The van der Waals surface area contributed by atoms with Crippen LogP contribution in [0.15, 0.2) is 0 Å². The summed E-state index contributed by atoms with van der Waals surface area (Å²) in [6.07, 6.45) is 1.21. The minimum atomic E-state index is 0.425. The summed E-state index contributed by atoms with van der Waals surface area (Å²) in [7, 11) is 0. The van der Waals surface area contributed by atoms with Gasteiger partial charge in [-0.3, -0.25) is 0 Å². The zero-order valence-corrected chi connectivity index (χ0v) is 7.75. The molecule has 0 aromatic heterocycles. The van der Waals surface area contributed by atoms with E-state index in [4.69, 9.17) is 0 Å². The fourth-order valence-electron chi connectivity index (χ4n) is 0.612. The molecule has 0 radical (unpaired) electrons. The van der Waals surface area contributed by atoms with Crippen molar-refractivity contribution in [2.75, 3.05) is 0 Å². The Balaban J connectivity index is 3.62. The average molecular weight is 179 g/mol. The molecule has 0 aliphatic heterocycles. The lowest BCUT2D eigenvalue weighted by Gasteiger charge is -2.23. The van der Waals surface area contributed by atoms with Gasteiger partial charge in [-0.1, -0.05) is 43.6 Å². The van der Waals surface area contributed by atoms with Crippen molar-refractivity contribution in [3.63, 3.8) is 0 Å².